The molecule has 2 aromatic heterocycles. The van der Waals surface area contributed by atoms with Gasteiger partial charge in [0.25, 0.3) is 5.78 Å². The normalized spacial score (nSPS) is 13.5. The smallest absolute Gasteiger partial charge is 0.253 e. The average molecular weight is 384 g/mol. The molecule has 3 rings (SSSR count). The van der Waals surface area contributed by atoms with Crippen LogP contribution in [0.2, 0.25) is 0 Å². The second-order valence-corrected chi connectivity index (χ2v) is 8.15. The molecule has 7 heteroatoms. The van der Waals surface area contributed by atoms with Gasteiger partial charge in [-0.05, 0) is 52.2 Å². The van der Waals surface area contributed by atoms with E-state index < -0.39 is 0 Å². The standard InChI is InChI=1S/C20H25N5OS/c1-13(10-11-17-8-6-5-7-9-17)21-18(26)16(4)27-20-23-19-22-14(2)12-15(3)25(19)24-20/h5-9,12-13,16H,10-11H2,1-4H3,(H,21,26)/t13-,16+/m0/s1. The van der Waals surface area contributed by atoms with E-state index in [0.717, 1.165) is 24.2 Å². The Labute approximate surface area is 163 Å². The Balaban J connectivity index is 1.55. The zero-order valence-corrected chi connectivity index (χ0v) is 17.0. The van der Waals surface area contributed by atoms with Gasteiger partial charge in [-0.15, -0.1) is 5.10 Å². The quantitative estimate of drug-likeness (QED) is 0.634. The van der Waals surface area contributed by atoms with Gasteiger partial charge in [0.2, 0.25) is 11.1 Å². The predicted molar refractivity (Wildman–Crippen MR) is 108 cm³/mol. The summed E-state index contributed by atoms with van der Waals surface area (Å²) in [6.07, 6.45) is 1.85. The Morgan fingerprint density at radius 1 is 1.19 bits per heavy atom. The van der Waals surface area contributed by atoms with E-state index >= 15 is 0 Å². The van der Waals surface area contributed by atoms with Crippen LogP contribution in [0, 0.1) is 13.8 Å². The molecule has 0 spiro atoms. The first-order valence-electron chi connectivity index (χ1n) is 9.14. The van der Waals surface area contributed by atoms with Crippen LogP contribution < -0.4 is 5.32 Å². The van der Waals surface area contributed by atoms with Crippen molar-refractivity contribution in [2.45, 2.75) is 57.0 Å². The molecule has 0 aliphatic heterocycles. The van der Waals surface area contributed by atoms with Crippen molar-refractivity contribution in [3.63, 3.8) is 0 Å². The molecule has 2 heterocycles. The second-order valence-electron chi connectivity index (χ2n) is 6.84. The summed E-state index contributed by atoms with van der Waals surface area (Å²) in [5.74, 6) is 0.569. The molecule has 27 heavy (non-hydrogen) atoms. The molecule has 6 nitrogen and oxygen atoms in total. The third-order valence-corrected chi connectivity index (χ3v) is 5.30. The van der Waals surface area contributed by atoms with Crippen LogP contribution in [0.5, 0.6) is 0 Å². The Hall–Kier alpha value is -2.41. The van der Waals surface area contributed by atoms with Gasteiger partial charge in [0.15, 0.2) is 0 Å². The SMILES string of the molecule is Cc1cc(C)n2nc(S[C@H](C)C(=O)N[C@@H](C)CCc3ccccc3)nc2n1. The lowest BCUT2D eigenvalue weighted by molar-refractivity contribution is -0.120. The first-order chi connectivity index (χ1) is 12.9. The summed E-state index contributed by atoms with van der Waals surface area (Å²) in [6.45, 7) is 7.81. The number of thioether (sulfide) groups is 1. The number of aryl methyl sites for hydroxylation is 3. The van der Waals surface area contributed by atoms with Crippen LogP contribution >= 0.6 is 11.8 Å². The molecule has 142 valence electrons. The minimum atomic E-state index is -0.275. The van der Waals surface area contributed by atoms with Gasteiger partial charge in [0.05, 0.1) is 5.25 Å². The van der Waals surface area contributed by atoms with Crippen molar-refractivity contribution in [1.29, 1.82) is 0 Å². The number of nitrogens with one attached hydrogen (secondary N) is 1. The van der Waals surface area contributed by atoms with Crippen LogP contribution in [0.25, 0.3) is 5.78 Å². The van der Waals surface area contributed by atoms with Gasteiger partial charge in [-0.25, -0.2) is 9.50 Å². The number of amides is 1. The largest absolute Gasteiger partial charge is 0.353 e. The summed E-state index contributed by atoms with van der Waals surface area (Å²) in [7, 11) is 0. The molecule has 1 aromatic carbocycles. The van der Waals surface area contributed by atoms with E-state index in [1.54, 1.807) is 4.52 Å². The number of carbonyl (C=O) groups excluding carboxylic acids is 1. The number of fused-ring (bicyclic) bond motifs is 1. The van der Waals surface area contributed by atoms with Crippen molar-refractivity contribution in [1.82, 2.24) is 24.9 Å². The summed E-state index contributed by atoms with van der Waals surface area (Å²) in [4.78, 5) is 21.3. The maximum atomic E-state index is 12.5. The monoisotopic (exact) mass is 383 g/mol. The van der Waals surface area contributed by atoms with Gasteiger partial charge in [-0.1, -0.05) is 42.1 Å². The van der Waals surface area contributed by atoms with E-state index in [1.165, 1.54) is 17.3 Å². The molecule has 0 aliphatic rings. The maximum absolute atomic E-state index is 12.5. The second kappa shape index (κ2) is 8.52. The third-order valence-electron chi connectivity index (χ3n) is 4.35. The lowest BCUT2D eigenvalue weighted by atomic mass is 10.1. The number of benzene rings is 1. The van der Waals surface area contributed by atoms with Crippen LogP contribution in [-0.2, 0) is 11.2 Å². The molecule has 1 amide bonds. The number of aromatic nitrogens is 4. The molecule has 0 unspecified atom stereocenters. The Morgan fingerprint density at radius 3 is 2.67 bits per heavy atom. The zero-order valence-electron chi connectivity index (χ0n) is 16.1. The number of hydrogen-bond donors (Lipinski definition) is 1. The van der Waals surface area contributed by atoms with Crippen molar-refractivity contribution < 1.29 is 4.79 Å². The molecule has 0 bridgehead atoms. The number of rotatable bonds is 7. The van der Waals surface area contributed by atoms with Crippen molar-refractivity contribution in [3.05, 3.63) is 53.3 Å². The highest BCUT2D eigenvalue weighted by molar-refractivity contribution is 8.00. The van der Waals surface area contributed by atoms with Crippen LogP contribution in [0.3, 0.4) is 0 Å². The van der Waals surface area contributed by atoms with E-state index in [9.17, 15) is 4.79 Å². The Morgan fingerprint density at radius 2 is 1.93 bits per heavy atom. The molecule has 0 fully saturated rings. The van der Waals surface area contributed by atoms with Gasteiger partial charge < -0.3 is 5.32 Å². The van der Waals surface area contributed by atoms with Crippen LogP contribution in [0.4, 0.5) is 0 Å². The van der Waals surface area contributed by atoms with Gasteiger partial charge in [0, 0.05) is 17.4 Å². The fourth-order valence-electron chi connectivity index (χ4n) is 2.87. The molecule has 0 saturated carbocycles. The molecule has 2 atom stereocenters. The van der Waals surface area contributed by atoms with Gasteiger partial charge in [-0.3, -0.25) is 4.79 Å². The highest BCUT2D eigenvalue weighted by Crippen LogP contribution is 2.21. The average Bonchev–Trinajstić information content (AvgIpc) is 3.03. The highest BCUT2D eigenvalue weighted by Gasteiger charge is 2.19. The maximum Gasteiger partial charge on any atom is 0.253 e. The summed E-state index contributed by atoms with van der Waals surface area (Å²) in [5.41, 5.74) is 3.17. The predicted octanol–water partition coefficient (Wildman–Crippen LogP) is 3.36. The van der Waals surface area contributed by atoms with E-state index in [1.807, 2.05) is 52.0 Å². The molecule has 1 N–H and O–H groups in total. The van der Waals surface area contributed by atoms with Crippen LogP contribution in [0.15, 0.2) is 41.6 Å². The molecular formula is C20H25N5OS. The third kappa shape index (κ3) is 5.07. The molecule has 0 saturated heterocycles. The number of carbonyl (C=O) groups is 1. The molecule has 0 radical (unpaired) electrons. The Bertz CT molecular complexity index is 925. The van der Waals surface area contributed by atoms with Crippen molar-refractivity contribution in [2.75, 3.05) is 0 Å². The van der Waals surface area contributed by atoms with E-state index in [-0.39, 0.29) is 17.2 Å². The topological polar surface area (TPSA) is 72.2 Å². The highest BCUT2D eigenvalue weighted by atomic mass is 32.2. The lowest BCUT2D eigenvalue weighted by Crippen LogP contribution is -2.37. The van der Waals surface area contributed by atoms with Crippen LogP contribution in [0.1, 0.15) is 37.2 Å². The Kier molecular flexibility index (Phi) is 6.11. The van der Waals surface area contributed by atoms with Crippen molar-refractivity contribution in [2.24, 2.45) is 0 Å². The van der Waals surface area contributed by atoms with Gasteiger partial charge in [-0.2, -0.15) is 4.98 Å². The first-order valence-corrected chi connectivity index (χ1v) is 10.0. The minimum Gasteiger partial charge on any atom is -0.353 e. The van der Waals surface area contributed by atoms with Crippen LogP contribution in [-0.4, -0.2) is 36.8 Å². The van der Waals surface area contributed by atoms with E-state index in [4.69, 9.17) is 0 Å². The molecule has 0 aliphatic carbocycles. The fourth-order valence-corrected chi connectivity index (χ4v) is 3.62. The zero-order chi connectivity index (χ0) is 19.4. The number of hydrogen-bond acceptors (Lipinski definition) is 5. The minimum absolute atomic E-state index is 0.000259. The summed E-state index contributed by atoms with van der Waals surface area (Å²) >= 11 is 1.35. The van der Waals surface area contributed by atoms with Gasteiger partial charge in [0.1, 0.15) is 0 Å². The summed E-state index contributed by atoms with van der Waals surface area (Å²) in [5, 5.41) is 7.83. The number of nitrogens with zero attached hydrogens (tertiary/aromatic N) is 4. The van der Waals surface area contributed by atoms with E-state index in [2.05, 4.69) is 32.5 Å². The summed E-state index contributed by atoms with van der Waals surface area (Å²) < 4.78 is 1.71. The van der Waals surface area contributed by atoms with E-state index in [0.29, 0.717) is 10.9 Å². The summed E-state index contributed by atoms with van der Waals surface area (Å²) in [6, 6.07) is 12.4. The molecular weight excluding hydrogens is 358 g/mol. The fraction of sp³-hybridized carbons (Fsp3) is 0.400. The first kappa shape index (κ1) is 19.4. The van der Waals surface area contributed by atoms with Crippen molar-refractivity contribution >= 4 is 23.4 Å². The molecule has 3 aromatic rings. The van der Waals surface area contributed by atoms with Crippen molar-refractivity contribution in [3.8, 4) is 0 Å². The lowest BCUT2D eigenvalue weighted by Gasteiger charge is -2.16. The van der Waals surface area contributed by atoms with Gasteiger partial charge >= 0.3 is 0 Å².